The van der Waals surface area contributed by atoms with Crippen molar-refractivity contribution in [1.29, 1.82) is 0 Å². The maximum atomic E-state index is 12.8. The van der Waals surface area contributed by atoms with E-state index in [1.54, 1.807) is 24.3 Å². The highest BCUT2D eigenvalue weighted by molar-refractivity contribution is 6.42. The molecule has 2 aromatic carbocycles. The van der Waals surface area contributed by atoms with Crippen LogP contribution in [0.3, 0.4) is 0 Å². The molecule has 0 spiro atoms. The van der Waals surface area contributed by atoms with Crippen LogP contribution in [0.1, 0.15) is 30.9 Å². The predicted octanol–water partition coefficient (Wildman–Crippen LogP) is 5.21. The number of aromatic nitrogens is 1. The third-order valence-corrected chi connectivity index (χ3v) is 5.80. The van der Waals surface area contributed by atoms with Gasteiger partial charge in [-0.15, -0.1) is 0 Å². The Hall–Kier alpha value is -2.30. The Morgan fingerprint density at radius 1 is 1.07 bits per heavy atom. The number of benzene rings is 2. The summed E-state index contributed by atoms with van der Waals surface area (Å²) in [6.07, 6.45) is 5.27. The van der Waals surface area contributed by atoms with E-state index in [4.69, 9.17) is 23.2 Å². The fraction of sp³-hybridized carbons (Fsp3) is 0.238. The number of nitrogens with one attached hydrogen (secondary N) is 1. The van der Waals surface area contributed by atoms with Gasteiger partial charge in [-0.3, -0.25) is 9.59 Å². The van der Waals surface area contributed by atoms with Crippen molar-refractivity contribution in [1.82, 2.24) is 4.57 Å². The van der Waals surface area contributed by atoms with E-state index in [0.717, 1.165) is 23.8 Å². The van der Waals surface area contributed by atoms with Crippen LogP contribution in [0.5, 0.6) is 0 Å². The highest BCUT2D eigenvalue weighted by Gasteiger charge is 2.21. The lowest BCUT2D eigenvalue weighted by molar-refractivity contribution is -0.115. The topological polar surface area (TPSA) is 51.1 Å². The van der Waals surface area contributed by atoms with E-state index in [0.29, 0.717) is 27.2 Å². The number of nitrogens with zero attached hydrogens (tertiary/aromatic N) is 1. The first kappa shape index (κ1) is 18.1. The van der Waals surface area contributed by atoms with Crippen LogP contribution < -0.4 is 10.9 Å². The molecule has 1 aliphatic rings. The maximum absolute atomic E-state index is 12.8. The minimum Gasteiger partial charge on any atom is -0.325 e. The third-order valence-electron chi connectivity index (χ3n) is 5.06. The molecule has 1 aliphatic carbocycles. The molecule has 6 heteroatoms. The second-order valence-electron chi connectivity index (χ2n) is 6.85. The molecule has 4 nitrogen and oxygen atoms in total. The molecular formula is C21H18Cl2N2O2. The van der Waals surface area contributed by atoms with Crippen molar-refractivity contribution in [2.24, 2.45) is 0 Å². The van der Waals surface area contributed by atoms with E-state index in [1.807, 2.05) is 29.0 Å². The molecule has 0 radical (unpaired) electrons. The Bertz CT molecular complexity index is 1090. The average Bonchev–Trinajstić information content (AvgIpc) is 2.59. The van der Waals surface area contributed by atoms with Crippen LogP contribution in [-0.2, 0) is 11.2 Å². The van der Waals surface area contributed by atoms with Gasteiger partial charge < -0.3 is 9.88 Å². The van der Waals surface area contributed by atoms with Crippen LogP contribution in [0, 0.1) is 0 Å². The number of amides is 1. The van der Waals surface area contributed by atoms with Gasteiger partial charge in [0.25, 0.3) is 5.56 Å². The fourth-order valence-electron chi connectivity index (χ4n) is 3.38. The van der Waals surface area contributed by atoms with Crippen molar-refractivity contribution in [2.45, 2.75) is 31.7 Å². The summed E-state index contributed by atoms with van der Waals surface area (Å²) in [5.74, 6) is -0.177. The fourth-order valence-corrected chi connectivity index (χ4v) is 3.70. The second-order valence-corrected chi connectivity index (χ2v) is 7.67. The van der Waals surface area contributed by atoms with Crippen molar-refractivity contribution in [3.8, 4) is 0 Å². The average molecular weight is 401 g/mol. The quantitative estimate of drug-likeness (QED) is 0.652. The summed E-state index contributed by atoms with van der Waals surface area (Å²) in [6.45, 7) is 0. The molecule has 0 saturated heterocycles. The SMILES string of the molecule is O=C(Cc1ccc(Cl)c(Cl)c1)Nc1cccc2c(=O)n(C3CCC3)ccc12. The van der Waals surface area contributed by atoms with E-state index in [2.05, 4.69) is 5.32 Å². The summed E-state index contributed by atoms with van der Waals surface area (Å²) in [5, 5.41) is 5.16. The van der Waals surface area contributed by atoms with E-state index in [-0.39, 0.29) is 17.9 Å². The monoisotopic (exact) mass is 400 g/mol. The lowest BCUT2D eigenvalue weighted by Gasteiger charge is -2.27. The number of anilines is 1. The number of carbonyl (C=O) groups is 1. The Labute approximate surface area is 166 Å². The molecule has 1 aromatic heterocycles. The highest BCUT2D eigenvalue weighted by Crippen LogP contribution is 2.31. The number of pyridine rings is 1. The molecule has 1 amide bonds. The smallest absolute Gasteiger partial charge is 0.258 e. The third kappa shape index (κ3) is 3.60. The summed E-state index contributed by atoms with van der Waals surface area (Å²) in [5.41, 5.74) is 1.41. The lowest BCUT2D eigenvalue weighted by atomic mass is 9.92. The van der Waals surface area contributed by atoms with Gasteiger partial charge in [-0.05, 0) is 55.2 Å². The highest BCUT2D eigenvalue weighted by atomic mass is 35.5. The van der Waals surface area contributed by atoms with Crippen LogP contribution in [0.15, 0.2) is 53.5 Å². The van der Waals surface area contributed by atoms with E-state index >= 15 is 0 Å². The van der Waals surface area contributed by atoms with Crippen LogP contribution >= 0.6 is 23.2 Å². The van der Waals surface area contributed by atoms with E-state index in [1.165, 1.54) is 6.42 Å². The van der Waals surface area contributed by atoms with Crippen molar-refractivity contribution >= 4 is 45.6 Å². The summed E-state index contributed by atoms with van der Waals surface area (Å²) in [6, 6.07) is 12.7. The molecule has 0 unspecified atom stereocenters. The van der Waals surface area contributed by atoms with Crippen molar-refractivity contribution < 1.29 is 4.79 Å². The number of halogens is 2. The lowest BCUT2D eigenvalue weighted by Crippen LogP contribution is -2.28. The summed E-state index contributed by atoms with van der Waals surface area (Å²) < 4.78 is 1.81. The first-order valence-corrected chi connectivity index (χ1v) is 9.66. The molecule has 0 aliphatic heterocycles. The van der Waals surface area contributed by atoms with Gasteiger partial charge in [-0.2, -0.15) is 0 Å². The number of carbonyl (C=O) groups excluding carboxylic acids is 1. The van der Waals surface area contributed by atoms with Gasteiger partial charge in [0.2, 0.25) is 5.91 Å². The van der Waals surface area contributed by atoms with Crippen LogP contribution in [0.4, 0.5) is 5.69 Å². The van der Waals surface area contributed by atoms with Crippen molar-refractivity contribution in [3.63, 3.8) is 0 Å². The first-order chi connectivity index (χ1) is 13.0. The summed E-state index contributed by atoms with van der Waals surface area (Å²) in [4.78, 5) is 25.3. The summed E-state index contributed by atoms with van der Waals surface area (Å²) in [7, 11) is 0. The van der Waals surface area contributed by atoms with Gasteiger partial charge in [0.05, 0.1) is 16.5 Å². The molecule has 0 atom stereocenters. The Morgan fingerprint density at radius 2 is 1.89 bits per heavy atom. The van der Waals surface area contributed by atoms with Gasteiger partial charge in [-0.1, -0.05) is 35.3 Å². The number of fused-ring (bicyclic) bond motifs is 1. The Balaban J connectivity index is 1.59. The molecule has 1 saturated carbocycles. The zero-order valence-corrected chi connectivity index (χ0v) is 16.1. The molecule has 3 aromatic rings. The number of hydrogen-bond donors (Lipinski definition) is 1. The van der Waals surface area contributed by atoms with Crippen molar-refractivity contribution in [2.75, 3.05) is 5.32 Å². The molecular weight excluding hydrogens is 383 g/mol. The minimum atomic E-state index is -0.177. The van der Waals surface area contributed by atoms with Crippen molar-refractivity contribution in [3.05, 3.63) is 74.6 Å². The molecule has 27 heavy (non-hydrogen) atoms. The van der Waals surface area contributed by atoms with Crippen LogP contribution in [-0.4, -0.2) is 10.5 Å². The zero-order valence-electron chi connectivity index (χ0n) is 14.5. The normalized spacial score (nSPS) is 14.1. The Morgan fingerprint density at radius 3 is 2.59 bits per heavy atom. The molecule has 1 N–H and O–H groups in total. The van der Waals surface area contributed by atoms with Gasteiger partial charge in [0.15, 0.2) is 0 Å². The molecule has 138 valence electrons. The predicted molar refractivity (Wildman–Crippen MR) is 110 cm³/mol. The van der Waals surface area contributed by atoms with Gasteiger partial charge >= 0.3 is 0 Å². The van der Waals surface area contributed by atoms with E-state index in [9.17, 15) is 9.59 Å². The van der Waals surface area contributed by atoms with E-state index < -0.39 is 0 Å². The Kier molecular flexibility index (Phi) is 4.94. The molecule has 1 fully saturated rings. The van der Waals surface area contributed by atoms with Crippen LogP contribution in [0.25, 0.3) is 10.8 Å². The maximum Gasteiger partial charge on any atom is 0.258 e. The first-order valence-electron chi connectivity index (χ1n) is 8.90. The number of hydrogen-bond acceptors (Lipinski definition) is 2. The largest absolute Gasteiger partial charge is 0.325 e. The van der Waals surface area contributed by atoms with Gasteiger partial charge in [0, 0.05) is 28.7 Å². The zero-order chi connectivity index (χ0) is 19.0. The van der Waals surface area contributed by atoms with Gasteiger partial charge in [-0.25, -0.2) is 0 Å². The second kappa shape index (κ2) is 7.37. The van der Waals surface area contributed by atoms with Crippen LogP contribution in [0.2, 0.25) is 10.0 Å². The molecule has 0 bridgehead atoms. The summed E-state index contributed by atoms with van der Waals surface area (Å²) >= 11 is 11.9. The standard InChI is InChI=1S/C21H18Cl2N2O2/c22-17-8-7-13(11-18(17)23)12-20(26)24-19-6-2-5-16-15(19)9-10-25(21(16)27)14-3-1-4-14/h2,5-11,14H,1,3-4,12H2,(H,24,26). The molecule has 4 rings (SSSR count). The molecule has 1 heterocycles. The minimum absolute atomic E-state index is 0.00205. The van der Waals surface area contributed by atoms with Gasteiger partial charge in [0.1, 0.15) is 0 Å². The number of rotatable bonds is 4.